The second-order valence-electron chi connectivity index (χ2n) is 7.47. The standard InChI is InChI=1S/C17H18F3N5O4S/c18-17(19,20)30(28,29)13-5-6-14(15(8-13)25(26)27)23-7-1-2-11(9-23)16-22-21-10-24(16)12-3-4-12/h5-6,8,10-12H,1-4,7,9H2. The van der Waals surface area contributed by atoms with Gasteiger partial charge in [-0.25, -0.2) is 8.42 Å². The zero-order chi connectivity index (χ0) is 21.7. The molecule has 0 radical (unpaired) electrons. The largest absolute Gasteiger partial charge is 0.501 e. The van der Waals surface area contributed by atoms with Crippen molar-refractivity contribution in [3.05, 3.63) is 40.5 Å². The van der Waals surface area contributed by atoms with Crippen molar-refractivity contribution in [3.63, 3.8) is 0 Å². The van der Waals surface area contributed by atoms with E-state index in [-0.39, 0.29) is 11.6 Å². The van der Waals surface area contributed by atoms with Crippen molar-refractivity contribution < 1.29 is 26.5 Å². The Kier molecular flexibility index (Phi) is 4.95. The van der Waals surface area contributed by atoms with E-state index in [9.17, 15) is 31.7 Å². The van der Waals surface area contributed by atoms with Gasteiger partial charge in [0, 0.05) is 31.1 Å². The van der Waals surface area contributed by atoms with Gasteiger partial charge in [-0.3, -0.25) is 10.1 Å². The molecule has 1 saturated heterocycles. The second kappa shape index (κ2) is 7.22. The first-order valence-corrected chi connectivity index (χ1v) is 10.8. The minimum atomic E-state index is -5.68. The van der Waals surface area contributed by atoms with E-state index >= 15 is 0 Å². The van der Waals surface area contributed by atoms with Crippen molar-refractivity contribution >= 4 is 21.2 Å². The van der Waals surface area contributed by atoms with Crippen molar-refractivity contribution in [2.45, 2.75) is 48.0 Å². The highest BCUT2D eigenvalue weighted by Gasteiger charge is 2.47. The highest BCUT2D eigenvalue weighted by atomic mass is 32.2. The Morgan fingerprint density at radius 2 is 1.93 bits per heavy atom. The molecule has 2 heterocycles. The molecule has 2 aromatic rings. The number of rotatable bonds is 5. The Hall–Kier alpha value is -2.70. The Balaban J connectivity index is 1.66. The summed E-state index contributed by atoms with van der Waals surface area (Å²) in [6.07, 6.45) is 5.26. The summed E-state index contributed by atoms with van der Waals surface area (Å²) in [7, 11) is -5.68. The summed E-state index contributed by atoms with van der Waals surface area (Å²) in [5, 5.41) is 19.7. The first-order valence-electron chi connectivity index (χ1n) is 9.33. The number of aromatic nitrogens is 3. The molecule has 4 rings (SSSR count). The van der Waals surface area contributed by atoms with E-state index in [0.29, 0.717) is 31.6 Å². The first kappa shape index (κ1) is 20.6. The molecule has 0 spiro atoms. The van der Waals surface area contributed by atoms with Crippen LogP contribution in [0.3, 0.4) is 0 Å². The van der Waals surface area contributed by atoms with E-state index in [4.69, 9.17) is 0 Å². The molecule has 2 fully saturated rings. The van der Waals surface area contributed by atoms with Crippen molar-refractivity contribution in [3.8, 4) is 0 Å². The maximum absolute atomic E-state index is 12.8. The lowest BCUT2D eigenvalue weighted by Gasteiger charge is -2.33. The van der Waals surface area contributed by atoms with E-state index in [0.717, 1.165) is 37.2 Å². The molecule has 2 aliphatic rings. The maximum Gasteiger partial charge on any atom is 0.501 e. The van der Waals surface area contributed by atoms with Crippen LogP contribution in [0.4, 0.5) is 24.5 Å². The van der Waals surface area contributed by atoms with Gasteiger partial charge < -0.3 is 9.47 Å². The summed E-state index contributed by atoms with van der Waals surface area (Å²) >= 11 is 0. The third-order valence-corrected chi connectivity index (χ3v) is 6.91. The van der Waals surface area contributed by atoms with Gasteiger partial charge in [-0.1, -0.05) is 0 Å². The number of hydrogen-bond acceptors (Lipinski definition) is 7. The fourth-order valence-electron chi connectivity index (χ4n) is 3.80. The van der Waals surface area contributed by atoms with E-state index in [2.05, 4.69) is 10.2 Å². The number of nitro groups is 1. The van der Waals surface area contributed by atoms with Gasteiger partial charge in [0.05, 0.1) is 9.82 Å². The molecule has 30 heavy (non-hydrogen) atoms. The van der Waals surface area contributed by atoms with Crippen LogP contribution in [0.25, 0.3) is 0 Å². The number of benzene rings is 1. The summed E-state index contributed by atoms with van der Waals surface area (Å²) in [5.74, 6) is 0.751. The molecule has 0 bridgehead atoms. The fourth-order valence-corrected chi connectivity index (χ4v) is 4.58. The molecule has 13 heteroatoms. The Labute approximate surface area is 169 Å². The molecule has 1 unspecified atom stereocenters. The number of alkyl halides is 3. The van der Waals surface area contributed by atoms with E-state index in [1.165, 1.54) is 0 Å². The monoisotopic (exact) mass is 445 g/mol. The normalized spacial score (nSPS) is 20.4. The van der Waals surface area contributed by atoms with Crippen LogP contribution in [-0.4, -0.2) is 46.7 Å². The van der Waals surface area contributed by atoms with Crippen LogP contribution in [0.1, 0.15) is 43.5 Å². The zero-order valence-electron chi connectivity index (χ0n) is 15.6. The number of sulfone groups is 1. The fraction of sp³-hybridized carbons (Fsp3) is 0.529. The van der Waals surface area contributed by atoms with Gasteiger partial charge in [-0.05, 0) is 37.8 Å². The molecule has 1 aromatic carbocycles. The molecule has 0 N–H and O–H groups in total. The smallest absolute Gasteiger partial charge is 0.365 e. The molecule has 1 aliphatic heterocycles. The molecule has 0 amide bonds. The molecule has 1 aromatic heterocycles. The van der Waals surface area contributed by atoms with Crippen molar-refractivity contribution in [2.24, 2.45) is 0 Å². The zero-order valence-corrected chi connectivity index (χ0v) is 16.4. The Morgan fingerprint density at radius 3 is 2.57 bits per heavy atom. The van der Waals surface area contributed by atoms with Gasteiger partial charge in [-0.15, -0.1) is 10.2 Å². The van der Waals surface area contributed by atoms with Crippen molar-refractivity contribution in [1.82, 2.24) is 14.8 Å². The van der Waals surface area contributed by atoms with Crippen LogP contribution >= 0.6 is 0 Å². The average Bonchev–Trinajstić information content (AvgIpc) is 3.43. The lowest BCUT2D eigenvalue weighted by Crippen LogP contribution is -2.35. The Morgan fingerprint density at radius 1 is 1.20 bits per heavy atom. The van der Waals surface area contributed by atoms with Gasteiger partial charge in [0.1, 0.15) is 17.8 Å². The van der Waals surface area contributed by atoms with E-state index in [1.54, 1.807) is 11.2 Å². The van der Waals surface area contributed by atoms with Gasteiger partial charge >= 0.3 is 5.51 Å². The molecule has 162 valence electrons. The topological polar surface area (TPSA) is 111 Å². The third kappa shape index (κ3) is 3.61. The minimum Gasteiger partial charge on any atom is -0.365 e. The second-order valence-corrected chi connectivity index (χ2v) is 9.41. The highest BCUT2D eigenvalue weighted by Crippen LogP contribution is 2.40. The Bertz CT molecular complexity index is 1080. The number of anilines is 1. The lowest BCUT2D eigenvalue weighted by molar-refractivity contribution is -0.384. The number of halogens is 3. The summed E-state index contributed by atoms with van der Waals surface area (Å²) in [6, 6.07) is 2.69. The van der Waals surface area contributed by atoms with Crippen LogP contribution < -0.4 is 4.90 Å². The number of hydrogen-bond donors (Lipinski definition) is 0. The SMILES string of the molecule is O=[N+]([O-])c1cc(S(=O)(=O)C(F)(F)F)ccc1N1CCCC(c2nncn2C2CC2)C1. The van der Waals surface area contributed by atoms with Crippen LogP contribution in [0.2, 0.25) is 0 Å². The maximum atomic E-state index is 12.8. The van der Waals surface area contributed by atoms with Gasteiger partial charge in [0.2, 0.25) is 0 Å². The van der Waals surface area contributed by atoms with Gasteiger partial charge in [0.15, 0.2) is 0 Å². The summed E-state index contributed by atoms with van der Waals surface area (Å²) < 4.78 is 63.8. The van der Waals surface area contributed by atoms with Gasteiger partial charge in [-0.2, -0.15) is 13.2 Å². The first-order chi connectivity index (χ1) is 14.1. The number of piperidine rings is 1. The van der Waals surface area contributed by atoms with Crippen LogP contribution in [-0.2, 0) is 9.84 Å². The highest BCUT2D eigenvalue weighted by molar-refractivity contribution is 7.92. The predicted molar refractivity (Wildman–Crippen MR) is 98.8 cm³/mol. The molecular weight excluding hydrogens is 427 g/mol. The molecule has 9 nitrogen and oxygen atoms in total. The number of nitrogens with zero attached hydrogens (tertiary/aromatic N) is 5. The summed E-state index contributed by atoms with van der Waals surface area (Å²) in [5.41, 5.74) is -6.13. The van der Waals surface area contributed by atoms with Crippen molar-refractivity contribution in [2.75, 3.05) is 18.0 Å². The molecule has 1 saturated carbocycles. The van der Waals surface area contributed by atoms with E-state index in [1.807, 2.05) is 4.57 Å². The van der Waals surface area contributed by atoms with Gasteiger partial charge in [0.25, 0.3) is 15.5 Å². The molecule has 1 atom stereocenters. The molecule has 1 aliphatic carbocycles. The summed E-state index contributed by atoms with van der Waals surface area (Å²) in [4.78, 5) is 11.2. The number of nitro benzene ring substituents is 1. The van der Waals surface area contributed by atoms with Crippen LogP contribution in [0.15, 0.2) is 29.4 Å². The third-order valence-electron chi connectivity index (χ3n) is 5.43. The lowest BCUT2D eigenvalue weighted by atomic mass is 9.96. The van der Waals surface area contributed by atoms with Crippen molar-refractivity contribution in [1.29, 1.82) is 0 Å². The molecular formula is C17H18F3N5O4S. The predicted octanol–water partition coefficient (Wildman–Crippen LogP) is 3.20. The van der Waals surface area contributed by atoms with E-state index < -0.39 is 30.9 Å². The summed E-state index contributed by atoms with van der Waals surface area (Å²) in [6.45, 7) is 0.831. The van der Waals surface area contributed by atoms with Crippen LogP contribution in [0.5, 0.6) is 0 Å². The quantitative estimate of drug-likeness (QED) is 0.513. The minimum absolute atomic E-state index is 0.0416. The average molecular weight is 445 g/mol. The van der Waals surface area contributed by atoms with Crippen LogP contribution in [0, 0.1) is 10.1 Å².